The van der Waals surface area contributed by atoms with E-state index in [1.807, 2.05) is 38.1 Å². The number of pyridine rings is 2. The van der Waals surface area contributed by atoms with Crippen molar-refractivity contribution in [3.8, 4) is 0 Å². The van der Waals surface area contributed by atoms with Crippen LogP contribution in [0.2, 0.25) is 0 Å². The summed E-state index contributed by atoms with van der Waals surface area (Å²) in [5.41, 5.74) is 3.97. The molecule has 2 N–H and O–H groups in total. The molecule has 49 heavy (non-hydrogen) atoms. The van der Waals surface area contributed by atoms with E-state index >= 15 is 0 Å². The minimum Gasteiger partial charge on any atom is -0.381 e. The van der Waals surface area contributed by atoms with E-state index in [-0.39, 0.29) is 29.2 Å². The Morgan fingerprint density at radius 1 is 0.959 bits per heavy atom. The molecule has 1 spiro atoms. The second-order valence-corrected chi connectivity index (χ2v) is 14.6. The van der Waals surface area contributed by atoms with E-state index in [1.165, 1.54) is 11.3 Å². The van der Waals surface area contributed by atoms with Gasteiger partial charge in [0.1, 0.15) is 11.5 Å². The molecule has 0 unspecified atom stereocenters. The summed E-state index contributed by atoms with van der Waals surface area (Å²) < 4.78 is 5.56. The van der Waals surface area contributed by atoms with Gasteiger partial charge < -0.3 is 20.3 Å². The molecule has 3 aliphatic heterocycles. The highest BCUT2D eigenvalue weighted by Crippen LogP contribution is 2.42. The number of ether oxygens (including phenoxy) is 1. The fourth-order valence-corrected chi connectivity index (χ4v) is 7.84. The summed E-state index contributed by atoms with van der Waals surface area (Å²) in [4.78, 5) is 59.8. The number of nitrogens with one attached hydrogen (secondary N) is 2. The molecule has 12 heteroatoms. The third kappa shape index (κ3) is 6.10. The lowest BCUT2D eigenvalue weighted by Crippen LogP contribution is -2.59. The molecule has 4 aromatic rings. The van der Waals surface area contributed by atoms with Crippen molar-refractivity contribution in [2.45, 2.75) is 51.6 Å². The maximum Gasteiger partial charge on any atom is 0.261 e. The van der Waals surface area contributed by atoms with E-state index in [0.29, 0.717) is 44.7 Å². The number of carbonyl (C=O) groups excluding carboxylic acids is 3. The smallest absolute Gasteiger partial charge is 0.261 e. The summed E-state index contributed by atoms with van der Waals surface area (Å²) >= 11 is 1.37. The number of thiophene rings is 1. The summed E-state index contributed by atoms with van der Waals surface area (Å²) in [6, 6.07) is 15.9. The summed E-state index contributed by atoms with van der Waals surface area (Å²) in [5.74, 6) is 0.589. The average molecular weight is 676 g/mol. The zero-order valence-electron chi connectivity index (χ0n) is 27.4. The van der Waals surface area contributed by atoms with Crippen LogP contribution in [0.5, 0.6) is 0 Å². The van der Waals surface area contributed by atoms with Crippen molar-refractivity contribution in [3.05, 3.63) is 93.4 Å². The fraction of sp³-hybridized carbons (Fsp3) is 0.351. The van der Waals surface area contributed by atoms with Crippen molar-refractivity contribution in [1.82, 2.24) is 15.3 Å². The average Bonchev–Trinajstić information content (AvgIpc) is 3.78. The molecule has 1 atom stereocenters. The zero-order chi connectivity index (χ0) is 33.7. The molecule has 3 aromatic heterocycles. The summed E-state index contributed by atoms with van der Waals surface area (Å²) in [6.07, 6.45) is 7.54. The lowest BCUT2D eigenvalue weighted by molar-refractivity contribution is -0.000511. The monoisotopic (exact) mass is 675 g/mol. The van der Waals surface area contributed by atoms with Crippen molar-refractivity contribution < 1.29 is 19.1 Å². The molecule has 2 saturated heterocycles. The second-order valence-electron chi connectivity index (χ2n) is 13.5. The van der Waals surface area contributed by atoms with Crippen molar-refractivity contribution in [2.24, 2.45) is 10.4 Å². The van der Waals surface area contributed by atoms with Gasteiger partial charge in [0.2, 0.25) is 0 Å². The van der Waals surface area contributed by atoms with Crippen LogP contribution in [-0.4, -0.2) is 71.8 Å². The number of amides is 3. The Labute approximate surface area is 288 Å². The molecule has 4 aliphatic rings. The molecule has 3 amide bonds. The summed E-state index contributed by atoms with van der Waals surface area (Å²) in [5, 5.41) is 6.05. The molecular formula is C37H37N7O4S. The van der Waals surface area contributed by atoms with Gasteiger partial charge in [0.25, 0.3) is 17.7 Å². The Balaban J connectivity index is 0.992. The first-order chi connectivity index (χ1) is 23.8. The number of hydrogen-bond donors (Lipinski definition) is 2. The first-order valence-corrected chi connectivity index (χ1v) is 17.6. The molecule has 1 aromatic carbocycles. The van der Waals surface area contributed by atoms with Gasteiger partial charge in [-0.25, -0.2) is 15.0 Å². The fourth-order valence-electron chi connectivity index (χ4n) is 6.85. The normalized spacial score (nSPS) is 19.5. The number of benzene rings is 1. The van der Waals surface area contributed by atoms with E-state index in [9.17, 15) is 14.4 Å². The lowest BCUT2D eigenvalue weighted by atomic mass is 9.73. The van der Waals surface area contributed by atoms with Crippen LogP contribution in [0.4, 0.5) is 23.0 Å². The Morgan fingerprint density at radius 3 is 2.49 bits per heavy atom. The number of carbonyl (C=O) groups is 3. The van der Waals surface area contributed by atoms with E-state index < -0.39 is 6.04 Å². The van der Waals surface area contributed by atoms with Gasteiger partial charge in [0.05, 0.1) is 27.1 Å². The highest BCUT2D eigenvalue weighted by Gasteiger charge is 2.45. The first kappa shape index (κ1) is 31.3. The lowest BCUT2D eigenvalue weighted by Gasteiger charge is -2.53. The highest BCUT2D eigenvalue weighted by atomic mass is 32.1. The van der Waals surface area contributed by atoms with E-state index in [0.717, 1.165) is 62.4 Å². The van der Waals surface area contributed by atoms with E-state index in [1.54, 1.807) is 47.6 Å². The third-order valence-electron chi connectivity index (χ3n) is 9.78. The molecule has 1 aliphatic carbocycles. The molecule has 6 heterocycles. The SMILES string of the molecule is Cc1cnc(N2CC3(CCOCC3)C2)c(C(=O)Nc2ccc(C(=O)N3c4ncccc4N=C(c4ccc(C(=O)NC5CC5)s4)[C@H]3C)cc2)c1. The van der Waals surface area contributed by atoms with E-state index in [4.69, 9.17) is 9.73 Å². The van der Waals surface area contributed by atoms with Crippen LogP contribution >= 0.6 is 11.3 Å². The van der Waals surface area contributed by atoms with Gasteiger partial charge in [-0.3, -0.25) is 19.3 Å². The van der Waals surface area contributed by atoms with Crippen LogP contribution in [0.1, 0.15) is 73.4 Å². The van der Waals surface area contributed by atoms with Crippen LogP contribution < -0.4 is 20.4 Å². The number of aliphatic imine (C=N–C) groups is 1. The number of aryl methyl sites for hydroxylation is 1. The van der Waals surface area contributed by atoms with Gasteiger partial charge in [-0.2, -0.15) is 0 Å². The molecule has 11 nitrogen and oxygen atoms in total. The number of fused-ring (bicyclic) bond motifs is 1. The first-order valence-electron chi connectivity index (χ1n) is 16.8. The van der Waals surface area contributed by atoms with Gasteiger partial charge in [0, 0.05) is 61.4 Å². The molecule has 8 rings (SSSR count). The predicted octanol–water partition coefficient (Wildman–Crippen LogP) is 5.78. The van der Waals surface area contributed by atoms with Gasteiger partial charge in [-0.15, -0.1) is 11.3 Å². The number of nitrogens with zero attached hydrogens (tertiary/aromatic N) is 5. The van der Waals surface area contributed by atoms with Crippen LogP contribution in [0.25, 0.3) is 0 Å². The number of rotatable bonds is 7. The minimum atomic E-state index is -0.443. The number of anilines is 3. The molecule has 1 saturated carbocycles. The van der Waals surface area contributed by atoms with Crippen LogP contribution in [0.15, 0.2) is 72.0 Å². The maximum absolute atomic E-state index is 14.1. The Hall–Kier alpha value is -4.94. The molecular weight excluding hydrogens is 639 g/mol. The third-order valence-corrected chi connectivity index (χ3v) is 10.9. The Morgan fingerprint density at radius 2 is 1.73 bits per heavy atom. The minimum absolute atomic E-state index is 0.0798. The Kier molecular flexibility index (Phi) is 7.99. The van der Waals surface area contributed by atoms with Crippen LogP contribution in [-0.2, 0) is 4.74 Å². The topological polar surface area (TPSA) is 129 Å². The predicted molar refractivity (Wildman–Crippen MR) is 190 cm³/mol. The standard InChI is InChI=1S/C37H37N7O4S/c1-22-18-27(32(39-19-22)43-20-37(21-43)13-16-48-17-14-37)34(45)40-25-7-5-24(6-8-25)36(47)44-23(2)31(42-28-4-3-15-38-33(28)44)29-11-12-30(49-29)35(46)41-26-9-10-26/h3-8,11-12,15,18-19,23,26H,9-10,13-14,16-17,20-21H2,1-2H3,(H,40,45)(H,41,46)/t23-/m1/s1. The maximum atomic E-state index is 14.1. The number of hydrogen-bond acceptors (Lipinski definition) is 9. The Bertz CT molecular complexity index is 1970. The molecule has 250 valence electrons. The zero-order valence-corrected chi connectivity index (χ0v) is 28.3. The number of aromatic nitrogens is 2. The quantitative estimate of drug-likeness (QED) is 0.254. The summed E-state index contributed by atoms with van der Waals surface area (Å²) in [6.45, 7) is 7.15. The van der Waals surface area contributed by atoms with Crippen LogP contribution in [0, 0.1) is 12.3 Å². The van der Waals surface area contributed by atoms with Gasteiger partial charge in [-0.05, 0) is 99.7 Å². The molecule has 0 radical (unpaired) electrons. The largest absolute Gasteiger partial charge is 0.381 e. The van der Waals surface area contributed by atoms with Crippen molar-refractivity contribution in [3.63, 3.8) is 0 Å². The molecule has 0 bridgehead atoms. The van der Waals surface area contributed by atoms with Crippen LogP contribution in [0.3, 0.4) is 0 Å². The van der Waals surface area contributed by atoms with E-state index in [2.05, 4.69) is 25.5 Å². The van der Waals surface area contributed by atoms with Gasteiger partial charge in [0.15, 0.2) is 5.82 Å². The van der Waals surface area contributed by atoms with Crippen molar-refractivity contribution in [1.29, 1.82) is 0 Å². The van der Waals surface area contributed by atoms with Gasteiger partial charge in [-0.1, -0.05) is 0 Å². The van der Waals surface area contributed by atoms with Gasteiger partial charge >= 0.3 is 0 Å². The molecule has 3 fully saturated rings. The van der Waals surface area contributed by atoms with Crippen molar-refractivity contribution in [2.75, 3.05) is 41.4 Å². The van der Waals surface area contributed by atoms with Crippen molar-refractivity contribution >= 4 is 57.8 Å². The summed E-state index contributed by atoms with van der Waals surface area (Å²) in [7, 11) is 0. The highest BCUT2D eigenvalue weighted by molar-refractivity contribution is 7.16. The second kappa shape index (κ2) is 12.5.